The van der Waals surface area contributed by atoms with Crippen molar-refractivity contribution in [1.29, 1.82) is 0 Å². The Morgan fingerprint density at radius 1 is 0.614 bits per heavy atom. The maximum Gasteiger partial charge on any atom is 0.506 e. The van der Waals surface area contributed by atoms with Gasteiger partial charge in [-0.15, -0.1) is 0 Å². The van der Waals surface area contributed by atoms with Crippen LogP contribution in [-0.2, 0) is 53.0 Å². The number of hydrogen-bond donors (Lipinski definition) is 3. The molecule has 4 atom stereocenters. The van der Waals surface area contributed by atoms with E-state index in [9.17, 15) is 28.8 Å². The average molecular weight is 1020 g/mol. The third-order valence-electron chi connectivity index (χ3n) is 8.35. The zero-order valence-electron chi connectivity index (χ0n) is 32.1. The van der Waals surface area contributed by atoms with Crippen LogP contribution in [0, 0.1) is 11.8 Å². The summed E-state index contributed by atoms with van der Waals surface area (Å²) >= 11 is 3.73. The van der Waals surface area contributed by atoms with Crippen molar-refractivity contribution in [3.63, 3.8) is 0 Å². The van der Waals surface area contributed by atoms with Crippen LogP contribution in [0.5, 0.6) is 11.5 Å². The van der Waals surface area contributed by atoms with Crippen LogP contribution in [0.25, 0.3) is 0 Å². The molecule has 3 aromatic carbocycles. The first-order valence-corrected chi connectivity index (χ1v) is 21.0. The van der Waals surface area contributed by atoms with Crippen LogP contribution >= 0.6 is 45.2 Å². The summed E-state index contributed by atoms with van der Waals surface area (Å²) in [5.74, 6) is -2.96. The van der Waals surface area contributed by atoms with E-state index in [2.05, 4.69) is 15.4 Å². The Balaban J connectivity index is 0.00000173. The average Bonchev–Trinajstić information content (AvgIpc) is 3.20. The Morgan fingerprint density at radius 2 is 1.07 bits per heavy atom. The smallest absolute Gasteiger partial charge is 0.455 e. The summed E-state index contributed by atoms with van der Waals surface area (Å²) in [6.07, 6.45) is -1.48. The van der Waals surface area contributed by atoms with Crippen molar-refractivity contribution in [3.05, 3.63) is 95.6 Å². The van der Waals surface area contributed by atoms with Crippen LogP contribution in [0.3, 0.4) is 0 Å². The Kier molecular flexibility index (Phi) is 23.0. The van der Waals surface area contributed by atoms with E-state index >= 15 is 0 Å². The molecule has 17 heteroatoms. The SMILES string of the molecule is CC[C@H](C)[C@H](NC(=O)OCc1ccccc1)C(=O)Oc1ccc(CCC(=O)OCI)cc1OC(=O)[C@@H](NC(=O)OCc1ccccc1)[C@@H](C)CC.O=C(O)OCI. The molecular formula is C40H48I2N2O13. The molecule has 0 saturated carbocycles. The molecule has 0 aliphatic carbocycles. The third-order valence-corrected chi connectivity index (χ3v) is 8.97. The van der Waals surface area contributed by atoms with Gasteiger partial charge in [0.1, 0.15) is 34.5 Å². The van der Waals surface area contributed by atoms with Crippen LogP contribution in [0.4, 0.5) is 14.4 Å². The predicted molar refractivity (Wildman–Crippen MR) is 225 cm³/mol. The minimum Gasteiger partial charge on any atom is -0.455 e. The zero-order chi connectivity index (χ0) is 42.2. The number of carboxylic acid groups (broad SMARTS) is 1. The fraction of sp³-hybridized carbons (Fsp3) is 0.400. The van der Waals surface area contributed by atoms with Gasteiger partial charge >= 0.3 is 36.2 Å². The molecule has 3 aromatic rings. The van der Waals surface area contributed by atoms with Crippen LogP contribution in [-0.4, -0.2) is 62.7 Å². The predicted octanol–water partition coefficient (Wildman–Crippen LogP) is 8.12. The number of rotatable bonds is 19. The lowest BCUT2D eigenvalue weighted by atomic mass is 9.99. The van der Waals surface area contributed by atoms with E-state index in [0.29, 0.717) is 18.4 Å². The molecular weight excluding hydrogens is 970 g/mol. The third kappa shape index (κ3) is 18.9. The molecule has 0 saturated heterocycles. The number of benzene rings is 3. The molecule has 0 unspecified atom stereocenters. The molecule has 0 aromatic heterocycles. The van der Waals surface area contributed by atoms with Crippen molar-refractivity contribution in [3.8, 4) is 11.5 Å². The second-order valence-corrected chi connectivity index (χ2v) is 13.7. The van der Waals surface area contributed by atoms with Crippen LogP contribution < -0.4 is 20.1 Å². The normalized spacial score (nSPS) is 12.5. The summed E-state index contributed by atoms with van der Waals surface area (Å²) < 4.78 is 31.6. The lowest BCUT2D eigenvalue weighted by molar-refractivity contribution is -0.141. The van der Waals surface area contributed by atoms with Crippen LogP contribution in [0.1, 0.15) is 63.6 Å². The van der Waals surface area contributed by atoms with E-state index in [0.717, 1.165) is 11.1 Å². The number of amides is 2. The van der Waals surface area contributed by atoms with Crippen LogP contribution in [0.2, 0.25) is 0 Å². The number of hydrogen-bond acceptors (Lipinski definition) is 12. The minimum absolute atomic E-state index is 0.00225. The van der Waals surface area contributed by atoms with Crippen molar-refractivity contribution in [2.45, 2.75) is 78.7 Å². The largest absolute Gasteiger partial charge is 0.506 e. The second kappa shape index (κ2) is 27.1. The Morgan fingerprint density at radius 3 is 1.47 bits per heavy atom. The highest BCUT2D eigenvalue weighted by atomic mass is 127. The fourth-order valence-electron chi connectivity index (χ4n) is 4.76. The molecule has 2 amide bonds. The summed E-state index contributed by atoms with van der Waals surface area (Å²) in [4.78, 5) is 74.1. The van der Waals surface area contributed by atoms with Crippen molar-refractivity contribution in [1.82, 2.24) is 10.6 Å². The monoisotopic (exact) mass is 1020 g/mol. The number of alkyl halides is 2. The molecule has 57 heavy (non-hydrogen) atoms. The number of carbonyl (C=O) groups excluding carboxylic acids is 5. The highest BCUT2D eigenvalue weighted by molar-refractivity contribution is 14.1. The number of ether oxygens (including phenoxy) is 6. The summed E-state index contributed by atoms with van der Waals surface area (Å²) in [5.41, 5.74) is 2.15. The zero-order valence-corrected chi connectivity index (χ0v) is 36.4. The maximum absolute atomic E-state index is 13.7. The van der Waals surface area contributed by atoms with Gasteiger partial charge in [-0.2, -0.15) is 0 Å². The molecule has 0 heterocycles. The van der Waals surface area contributed by atoms with Gasteiger partial charge in [0.2, 0.25) is 0 Å². The first kappa shape index (κ1) is 48.5. The van der Waals surface area contributed by atoms with Crippen molar-refractivity contribution < 1.29 is 62.3 Å². The number of nitrogens with one attached hydrogen (secondary N) is 2. The summed E-state index contributed by atoms with van der Waals surface area (Å²) in [5, 5.41) is 12.9. The topological polar surface area (TPSA) is 202 Å². The van der Waals surface area contributed by atoms with Crippen molar-refractivity contribution in [2.75, 3.05) is 9.23 Å². The standard InChI is InChI=1S/C38H45IN2O10.C2H3IO3/c1-5-25(3)33(40-37(45)47-22-28-13-9-7-10-14-28)35(43)50-30-19-17-27(18-20-32(42)49-24-39)21-31(30)51-36(44)34(26(4)6-2)41-38(46)48-23-29-15-11-8-12-16-29;3-1-6-2(4)5/h7-17,19,21,25-26,33-34H,5-6,18,20,22-24H2,1-4H3,(H,40,45)(H,41,46);1H2,(H,4,5)/t25-,26-,33-,34-;/m0./s1. The lowest BCUT2D eigenvalue weighted by Gasteiger charge is -2.24. The van der Waals surface area contributed by atoms with Gasteiger partial charge in [-0.1, -0.05) is 107 Å². The molecule has 0 radical (unpaired) electrons. The highest BCUT2D eigenvalue weighted by Crippen LogP contribution is 2.31. The molecule has 0 bridgehead atoms. The first-order chi connectivity index (χ1) is 27.3. The highest BCUT2D eigenvalue weighted by Gasteiger charge is 2.32. The molecule has 0 aliphatic rings. The van der Waals surface area contributed by atoms with Crippen LogP contribution in [0.15, 0.2) is 78.9 Å². The molecule has 0 aliphatic heterocycles. The first-order valence-electron chi connectivity index (χ1n) is 18.0. The Labute approximate surface area is 359 Å². The number of aryl methyl sites for hydroxylation is 1. The van der Waals surface area contributed by atoms with Crippen molar-refractivity contribution in [2.24, 2.45) is 11.8 Å². The van der Waals surface area contributed by atoms with E-state index < -0.39 is 48.3 Å². The maximum atomic E-state index is 13.7. The number of carbonyl (C=O) groups is 6. The molecule has 310 valence electrons. The fourth-order valence-corrected chi connectivity index (χ4v) is 5.38. The molecule has 3 rings (SSSR count). The van der Waals surface area contributed by atoms with E-state index in [4.69, 9.17) is 28.8 Å². The van der Waals surface area contributed by atoms with E-state index in [1.165, 1.54) is 12.1 Å². The molecule has 3 N–H and O–H groups in total. The Bertz CT molecular complexity index is 1730. The molecule has 0 fully saturated rings. The number of halogens is 2. The van der Waals surface area contributed by atoms with Gasteiger partial charge in [0.05, 0.1) is 0 Å². The lowest BCUT2D eigenvalue weighted by Crippen LogP contribution is -2.47. The van der Waals surface area contributed by atoms with E-state index in [1.807, 2.05) is 85.0 Å². The van der Waals surface area contributed by atoms with Gasteiger partial charge < -0.3 is 44.2 Å². The van der Waals surface area contributed by atoms with Gasteiger partial charge in [0.25, 0.3) is 0 Å². The number of alkyl carbamates (subject to hydrolysis) is 2. The van der Waals surface area contributed by atoms with Gasteiger partial charge in [-0.05, 0) is 92.3 Å². The quantitative estimate of drug-likeness (QED) is 0.0342. The van der Waals surface area contributed by atoms with Crippen molar-refractivity contribution >= 4 is 81.4 Å². The van der Waals surface area contributed by atoms with Gasteiger partial charge in [0, 0.05) is 6.42 Å². The second-order valence-electron chi connectivity index (χ2n) is 12.4. The molecule has 15 nitrogen and oxygen atoms in total. The van der Waals surface area contributed by atoms with E-state index in [-0.39, 0.29) is 58.6 Å². The minimum atomic E-state index is -1.22. The van der Waals surface area contributed by atoms with Gasteiger partial charge in [-0.3, -0.25) is 4.79 Å². The summed E-state index contributed by atoms with van der Waals surface area (Å²) in [6.45, 7) is 7.28. The summed E-state index contributed by atoms with van der Waals surface area (Å²) in [7, 11) is 0. The Hall–Kier alpha value is -4.66. The van der Waals surface area contributed by atoms with Gasteiger partial charge in [-0.25, -0.2) is 24.0 Å². The molecule has 0 spiro atoms. The number of esters is 3. The van der Waals surface area contributed by atoms with E-state index in [1.54, 1.807) is 54.6 Å². The van der Waals surface area contributed by atoms with Gasteiger partial charge in [0.15, 0.2) is 11.5 Å². The summed E-state index contributed by atoms with van der Waals surface area (Å²) in [6, 6.07) is 20.5.